The van der Waals surface area contributed by atoms with Crippen molar-refractivity contribution in [2.75, 3.05) is 11.4 Å². The number of anilines is 1. The van der Waals surface area contributed by atoms with Crippen LogP contribution in [0.3, 0.4) is 0 Å². The van der Waals surface area contributed by atoms with E-state index in [1.54, 1.807) is 11.3 Å². The Balaban J connectivity index is 1.85. The first-order chi connectivity index (χ1) is 7.86. The average molecular weight is 249 g/mol. The van der Waals surface area contributed by atoms with E-state index >= 15 is 0 Å². The molecular weight excluding hydrogens is 238 g/mol. The summed E-state index contributed by atoms with van der Waals surface area (Å²) in [6.45, 7) is 2.05. The molecule has 0 saturated heterocycles. The van der Waals surface area contributed by atoms with Gasteiger partial charge < -0.3 is 4.90 Å². The molecule has 3 rings (SSSR count). The van der Waals surface area contributed by atoms with Gasteiger partial charge in [-0.25, -0.2) is 0 Å². The molecule has 3 heterocycles. The van der Waals surface area contributed by atoms with Gasteiger partial charge in [-0.2, -0.15) is 0 Å². The number of thiophene rings is 2. The summed E-state index contributed by atoms with van der Waals surface area (Å²) >= 11 is 3.43. The maximum atomic E-state index is 10.7. The van der Waals surface area contributed by atoms with E-state index in [1.807, 2.05) is 23.5 Å². The molecule has 16 heavy (non-hydrogen) atoms. The number of hydrogen-bond donors (Lipinski definition) is 0. The molecule has 0 radical (unpaired) electrons. The quantitative estimate of drug-likeness (QED) is 0.762. The fraction of sp³-hybridized carbons (Fsp3) is 0.250. The van der Waals surface area contributed by atoms with Crippen LogP contribution in [0.15, 0.2) is 23.6 Å². The number of hydrogen-bond acceptors (Lipinski definition) is 4. The standard InChI is InChI=1S/C12H11NOS2/c14-8-10-1-2-12(16-10)13-5-3-11-9(7-13)4-6-15-11/h1-2,4,6,8H,3,5,7H2. The van der Waals surface area contributed by atoms with Crippen molar-refractivity contribution >= 4 is 34.0 Å². The minimum absolute atomic E-state index is 0.811. The van der Waals surface area contributed by atoms with Crippen LogP contribution in [-0.4, -0.2) is 12.8 Å². The highest BCUT2D eigenvalue weighted by atomic mass is 32.1. The molecule has 2 nitrogen and oxygen atoms in total. The second-order valence-corrected chi connectivity index (χ2v) is 5.93. The number of carbonyl (C=O) groups is 1. The van der Waals surface area contributed by atoms with Crippen LogP contribution in [-0.2, 0) is 13.0 Å². The van der Waals surface area contributed by atoms with Crippen molar-refractivity contribution in [1.29, 1.82) is 0 Å². The molecule has 2 aromatic rings. The van der Waals surface area contributed by atoms with Gasteiger partial charge >= 0.3 is 0 Å². The third-order valence-corrected chi connectivity index (χ3v) is 4.94. The SMILES string of the molecule is O=Cc1ccc(N2CCc3sccc3C2)s1. The Morgan fingerprint density at radius 3 is 3.06 bits per heavy atom. The molecule has 0 unspecified atom stereocenters. The molecule has 2 aromatic heterocycles. The van der Waals surface area contributed by atoms with E-state index in [9.17, 15) is 4.79 Å². The number of carbonyl (C=O) groups excluding carboxylic acids is 1. The highest BCUT2D eigenvalue weighted by molar-refractivity contribution is 7.17. The normalized spacial score (nSPS) is 14.9. The van der Waals surface area contributed by atoms with E-state index in [0.29, 0.717) is 0 Å². The van der Waals surface area contributed by atoms with Crippen molar-refractivity contribution in [3.8, 4) is 0 Å². The first-order valence-electron chi connectivity index (χ1n) is 5.22. The lowest BCUT2D eigenvalue weighted by Crippen LogP contribution is -2.28. The van der Waals surface area contributed by atoms with Crippen molar-refractivity contribution < 1.29 is 4.79 Å². The summed E-state index contributed by atoms with van der Waals surface area (Å²) in [6.07, 6.45) is 2.05. The van der Waals surface area contributed by atoms with Gasteiger partial charge in [0.15, 0.2) is 6.29 Å². The molecule has 4 heteroatoms. The number of fused-ring (bicyclic) bond motifs is 1. The average Bonchev–Trinajstić information content (AvgIpc) is 2.96. The molecule has 82 valence electrons. The zero-order chi connectivity index (χ0) is 11.0. The Morgan fingerprint density at radius 1 is 1.31 bits per heavy atom. The van der Waals surface area contributed by atoms with Crippen LogP contribution in [0.4, 0.5) is 5.00 Å². The summed E-state index contributed by atoms with van der Waals surface area (Å²) in [4.78, 5) is 15.3. The van der Waals surface area contributed by atoms with Crippen LogP contribution in [0.5, 0.6) is 0 Å². The van der Waals surface area contributed by atoms with E-state index in [1.165, 1.54) is 15.4 Å². The Labute approximate surface area is 102 Å². The highest BCUT2D eigenvalue weighted by Gasteiger charge is 2.18. The van der Waals surface area contributed by atoms with Gasteiger partial charge in [-0.05, 0) is 35.6 Å². The van der Waals surface area contributed by atoms with E-state index in [-0.39, 0.29) is 0 Å². The first kappa shape index (κ1) is 10.1. The zero-order valence-corrected chi connectivity index (χ0v) is 10.3. The summed E-state index contributed by atoms with van der Waals surface area (Å²) in [6, 6.07) is 6.16. The van der Waals surface area contributed by atoms with Gasteiger partial charge in [-0.15, -0.1) is 22.7 Å². The van der Waals surface area contributed by atoms with E-state index in [0.717, 1.165) is 30.7 Å². The lowest BCUT2D eigenvalue weighted by Gasteiger charge is -2.27. The van der Waals surface area contributed by atoms with Crippen molar-refractivity contribution in [1.82, 2.24) is 0 Å². The van der Waals surface area contributed by atoms with Crippen LogP contribution in [0.2, 0.25) is 0 Å². The Kier molecular flexibility index (Phi) is 2.53. The molecule has 0 N–H and O–H groups in total. The predicted molar refractivity (Wildman–Crippen MR) is 68.8 cm³/mol. The molecule has 0 aromatic carbocycles. The Bertz CT molecular complexity index is 515. The molecule has 1 aliphatic rings. The lowest BCUT2D eigenvalue weighted by atomic mass is 10.1. The second kappa shape index (κ2) is 4.03. The van der Waals surface area contributed by atoms with Gasteiger partial charge in [0.05, 0.1) is 9.88 Å². The Morgan fingerprint density at radius 2 is 2.25 bits per heavy atom. The zero-order valence-electron chi connectivity index (χ0n) is 8.68. The maximum Gasteiger partial charge on any atom is 0.160 e. The first-order valence-corrected chi connectivity index (χ1v) is 6.91. The lowest BCUT2D eigenvalue weighted by molar-refractivity contribution is 0.112. The van der Waals surface area contributed by atoms with E-state index in [4.69, 9.17) is 0 Å². The van der Waals surface area contributed by atoms with E-state index < -0.39 is 0 Å². The van der Waals surface area contributed by atoms with Crippen LogP contribution < -0.4 is 4.90 Å². The van der Waals surface area contributed by atoms with Crippen molar-refractivity contribution in [2.24, 2.45) is 0 Å². The van der Waals surface area contributed by atoms with E-state index in [2.05, 4.69) is 16.3 Å². The monoisotopic (exact) mass is 249 g/mol. The topological polar surface area (TPSA) is 20.3 Å². The number of rotatable bonds is 2. The summed E-state index contributed by atoms with van der Waals surface area (Å²) < 4.78 is 0. The summed E-state index contributed by atoms with van der Waals surface area (Å²) in [5.74, 6) is 0. The van der Waals surface area contributed by atoms with Crippen molar-refractivity contribution in [3.05, 3.63) is 38.9 Å². The van der Waals surface area contributed by atoms with Gasteiger partial charge in [-0.3, -0.25) is 4.79 Å². The molecule has 0 bridgehead atoms. The van der Waals surface area contributed by atoms with Gasteiger partial charge in [0, 0.05) is 18.0 Å². The molecule has 1 aliphatic heterocycles. The second-order valence-electron chi connectivity index (χ2n) is 3.83. The van der Waals surface area contributed by atoms with Crippen LogP contribution in [0.25, 0.3) is 0 Å². The maximum absolute atomic E-state index is 10.7. The summed E-state index contributed by atoms with van der Waals surface area (Å²) in [5.41, 5.74) is 1.44. The van der Waals surface area contributed by atoms with Gasteiger partial charge in [0.2, 0.25) is 0 Å². The molecule has 0 amide bonds. The summed E-state index contributed by atoms with van der Waals surface area (Å²) in [7, 11) is 0. The highest BCUT2D eigenvalue weighted by Crippen LogP contribution is 2.31. The third-order valence-electron chi connectivity index (χ3n) is 2.85. The van der Waals surface area contributed by atoms with Crippen molar-refractivity contribution in [3.63, 3.8) is 0 Å². The van der Waals surface area contributed by atoms with Crippen molar-refractivity contribution in [2.45, 2.75) is 13.0 Å². The molecular formula is C12H11NOS2. The van der Waals surface area contributed by atoms with Gasteiger partial charge in [0.1, 0.15) is 0 Å². The molecule has 0 aliphatic carbocycles. The molecule has 0 saturated carbocycles. The largest absolute Gasteiger partial charge is 0.359 e. The minimum Gasteiger partial charge on any atom is -0.359 e. The fourth-order valence-electron chi connectivity index (χ4n) is 2.01. The van der Waals surface area contributed by atoms with Crippen LogP contribution >= 0.6 is 22.7 Å². The Hall–Kier alpha value is -1.13. The number of nitrogens with zero attached hydrogens (tertiary/aromatic N) is 1. The third kappa shape index (κ3) is 1.68. The molecule has 0 spiro atoms. The minimum atomic E-state index is 0.811. The smallest absolute Gasteiger partial charge is 0.160 e. The summed E-state index contributed by atoms with van der Waals surface area (Å²) in [5, 5.41) is 3.37. The van der Waals surface area contributed by atoms with Gasteiger partial charge in [0.25, 0.3) is 0 Å². The number of aldehydes is 1. The predicted octanol–water partition coefficient (Wildman–Crippen LogP) is 3.18. The van der Waals surface area contributed by atoms with Crippen LogP contribution in [0, 0.1) is 0 Å². The molecule has 0 fully saturated rings. The molecule has 0 atom stereocenters. The van der Waals surface area contributed by atoms with Crippen LogP contribution in [0.1, 0.15) is 20.1 Å². The fourth-order valence-corrected chi connectivity index (χ4v) is 3.75. The van der Waals surface area contributed by atoms with Gasteiger partial charge in [-0.1, -0.05) is 0 Å².